The number of carbonyl (C=O) groups excluding carboxylic acids is 2. The number of alkyl halides is 3. The molecule has 1 aromatic rings. The van der Waals surface area contributed by atoms with Crippen LogP contribution in [0.3, 0.4) is 0 Å². The van der Waals surface area contributed by atoms with Gasteiger partial charge in [-0.25, -0.2) is 4.79 Å². The molecule has 11 heteroatoms. The number of alkyl carbamates (subject to hydrolysis) is 1. The highest BCUT2D eigenvalue weighted by atomic mass is 19.4. The minimum atomic E-state index is -4.64. The number of amides is 2. The number of hydrogen-bond acceptors (Lipinski definition) is 5. The highest BCUT2D eigenvalue weighted by molar-refractivity contribution is 5.94. The fourth-order valence-corrected chi connectivity index (χ4v) is 4.58. The quantitative estimate of drug-likeness (QED) is 0.749. The summed E-state index contributed by atoms with van der Waals surface area (Å²) in [6, 6.07) is -0.213. The number of nitrogens with zero attached hydrogens (tertiary/aromatic N) is 2. The molecular weight excluding hydrogens is 405 g/mol. The minimum absolute atomic E-state index is 0.199. The number of ether oxygens (including phenoxy) is 2. The second kappa shape index (κ2) is 6.60. The molecule has 0 aromatic carbocycles. The Hall–Kier alpha value is -2.30. The molecule has 1 heterocycles. The normalized spacial score (nSPS) is 32.3. The molecule has 166 valence electrons. The summed E-state index contributed by atoms with van der Waals surface area (Å²) in [5.41, 5.74) is -0.872. The lowest BCUT2D eigenvalue weighted by molar-refractivity contribution is -0.353. The van der Waals surface area contributed by atoms with Crippen LogP contribution in [0.2, 0.25) is 0 Å². The van der Waals surface area contributed by atoms with Gasteiger partial charge < -0.3 is 15.4 Å². The molecule has 5 rings (SSSR count). The Balaban J connectivity index is 1.23. The van der Waals surface area contributed by atoms with Crippen LogP contribution in [0.4, 0.5) is 18.0 Å². The van der Waals surface area contributed by atoms with Gasteiger partial charge in [-0.05, 0) is 52.9 Å². The van der Waals surface area contributed by atoms with Gasteiger partial charge in [0, 0.05) is 11.7 Å². The highest BCUT2D eigenvalue weighted by Gasteiger charge is 2.69. The molecule has 4 saturated carbocycles. The van der Waals surface area contributed by atoms with Crippen LogP contribution < -0.4 is 10.6 Å². The van der Waals surface area contributed by atoms with E-state index in [1.54, 1.807) is 27.0 Å². The van der Waals surface area contributed by atoms with Gasteiger partial charge in [0.15, 0.2) is 0 Å². The average Bonchev–Trinajstić information content (AvgIpc) is 2.93. The van der Waals surface area contributed by atoms with Crippen LogP contribution in [-0.4, -0.2) is 50.9 Å². The molecule has 0 spiro atoms. The molecule has 8 nitrogen and oxygen atoms in total. The van der Waals surface area contributed by atoms with Crippen molar-refractivity contribution in [1.82, 2.24) is 20.4 Å². The van der Waals surface area contributed by atoms with E-state index in [9.17, 15) is 22.8 Å². The molecule has 2 N–H and O–H groups in total. The van der Waals surface area contributed by atoms with Crippen LogP contribution in [0.25, 0.3) is 0 Å². The van der Waals surface area contributed by atoms with Crippen LogP contribution in [0.1, 0.15) is 69.3 Å². The van der Waals surface area contributed by atoms with Gasteiger partial charge in [0.1, 0.15) is 5.60 Å². The van der Waals surface area contributed by atoms with E-state index >= 15 is 0 Å². The van der Waals surface area contributed by atoms with Crippen molar-refractivity contribution < 1.29 is 32.2 Å². The Kier molecular flexibility index (Phi) is 4.61. The smallest absolute Gasteiger partial charge is 0.444 e. The predicted octanol–water partition coefficient (Wildman–Crippen LogP) is 3.05. The first-order valence-electron chi connectivity index (χ1n) is 9.88. The van der Waals surface area contributed by atoms with E-state index in [4.69, 9.17) is 4.74 Å². The van der Waals surface area contributed by atoms with Gasteiger partial charge in [-0.3, -0.25) is 14.2 Å². The summed E-state index contributed by atoms with van der Waals surface area (Å²) in [6.07, 6.45) is -0.701. The van der Waals surface area contributed by atoms with Crippen molar-refractivity contribution in [1.29, 1.82) is 0 Å². The molecule has 0 saturated heterocycles. The Bertz CT molecular complexity index is 835. The van der Waals surface area contributed by atoms with Crippen LogP contribution in [0.15, 0.2) is 12.4 Å². The molecule has 0 radical (unpaired) electrons. The molecule has 2 bridgehead atoms. The first-order valence-corrected chi connectivity index (χ1v) is 9.88. The standard InChI is InChI=1S/C19H25F3N4O4/c1-16(2,3)30-15(28)25-18-8-17(9-18,10-18)24-14(27)11-6-23-26(7-11)12-4-13(5-12)29-19(20,21)22/h6-7,12-13H,4-5,8-10H2,1-3H3,(H,24,27)(H,25,28). The van der Waals surface area contributed by atoms with Crippen molar-refractivity contribution >= 4 is 12.0 Å². The second-order valence-electron chi connectivity index (χ2n) is 9.69. The summed E-state index contributed by atoms with van der Waals surface area (Å²) < 4.78 is 47.4. The van der Waals surface area contributed by atoms with Crippen molar-refractivity contribution in [2.45, 2.75) is 88.1 Å². The second-order valence-corrected chi connectivity index (χ2v) is 9.69. The summed E-state index contributed by atoms with van der Waals surface area (Å²) >= 11 is 0. The number of nitrogens with one attached hydrogen (secondary N) is 2. The molecule has 0 aliphatic heterocycles. The Morgan fingerprint density at radius 3 is 2.30 bits per heavy atom. The summed E-state index contributed by atoms with van der Waals surface area (Å²) in [7, 11) is 0. The minimum Gasteiger partial charge on any atom is -0.444 e. The molecule has 4 aliphatic rings. The zero-order valence-electron chi connectivity index (χ0n) is 17.0. The van der Waals surface area contributed by atoms with Gasteiger partial charge in [0.05, 0.1) is 29.4 Å². The summed E-state index contributed by atoms with van der Waals surface area (Å²) in [5.74, 6) is -0.283. The predicted molar refractivity (Wildman–Crippen MR) is 97.6 cm³/mol. The van der Waals surface area contributed by atoms with Gasteiger partial charge in [-0.15, -0.1) is 13.2 Å². The molecular formula is C19H25F3N4O4. The van der Waals surface area contributed by atoms with E-state index in [0.29, 0.717) is 24.8 Å². The van der Waals surface area contributed by atoms with Crippen LogP contribution >= 0.6 is 0 Å². The summed E-state index contributed by atoms with van der Waals surface area (Å²) in [6.45, 7) is 5.39. The third-order valence-corrected chi connectivity index (χ3v) is 5.78. The Morgan fingerprint density at radius 2 is 1.73 bits per heavy atom. The third kappa shape index (κ3) is 4.26. The molecule has 30 heavy (non-hydrogen) atoms. The highest BCUT2D eigenvalue weighted by Crippen LogP contribution is 2.60. The molecule has 1 aromatic heterocycles. The molecule has 4 aliphatic carbocycles. The van der Waals surface area contributed by atoms with Crippen molar-refractivity contribution in [3.63, 3.8) is 0 Å². The van der Waals surface area contributed by atoms with Crippen molar-refractivity contribution in [2.24, 2.45) is 0 Å². The first-order chi connectivity index (χ1) is 13.8. The van der Waals surface area contributed by atoms with Gasteiger partial charge in [0.2, 0.25) is 0 Å². The lowest BCUT2D eigenvalue weighted by Crippen LogP contribution is -2.83. The molecule has 2 amide bonds. The molecule has 0 unspecified atom stereocenters. The molecule has 4 fully saturated rings. The van der Waals surface area contributed by atoms with Crippen molar-refractivity contribution in [3.8, 4) is 0 Å². The van der Waals surface area contributed by atoms with Crippen molar-refractivity contribution in [2.75, 3.05) is 0 Å². The first kappa shape index (κ1) is 21.0. The zero-order chi connectivity index (χ0) is 21.9. The van der Waals surface area contributed by atoms with E-state index in [1.807, 2.05) is 0 Å². The van der Waals surface area contributed by atoms with Gasteiger partial charge in [-0.2, -0.15) is 5.10 Å². The van der Waals surface area contributed by atoms with Crippen LogP contribution in [-0.2, 0) is 9.47 Å². The number of hydrogen-bond donors (Lipinski definition) is 2. The van der Waals surface area contributed by atoms with E-state index in [2.05, 4.69) is 20.5 Å². The average molecular weight is 430 g/mol. The lowest BCUT2D eigenvalue weighted by atomic mass is 9.44. The maximum atomic E-state index is 12.5. The van der Waals surface area contributed by atoms with E-state index < -0.39 is 24.2 Å². The Labute approximate surface area is 171 Å². The van der Waals surface area contributed by atoms with Gasteiger partial charge >= 0.3 is 12.5 Å². The van der Waals surface area contributed by atoms with E-state index in [1.165, 1.54) is 10.9 Å². The summed E-state index contributed by atoms with van der Waals surface area (Å²) in [4.78, 5) is 24.5. The summed E-state index contributed by atoms with van der Waals surface area (Å²) in [5, 5.41) is 9.99. The SMILES string of the molecule is CC(C)(C)OC(=O)NC12CC(NC(=O)c3cnn(C4CC(OC(F)(F)F)C4)c3)(C1)C2. The zero-order valence-corrected chi connectivity index (χ0v) is 17.0. The fraction of sp³-hybridized carbons (Fsp3) is 0.737. The third-order valence-electron chi connectivity index (χ3n) is 5.78. The van der Waals surface area contributed by atoms with Gasteiger partial charge in [-0.1, -0.05) is 0 Å². The van der Waals surface area contributed by atoms with Crippen molar-refractivity contribution in [3.05, 3.63) is 18.0 Å². The van der Waals surface area contributed by atoms with Crippen LogP contribution in [0, 0.1) is 0 Å². The largest absolute Gasteiger partial charge is 0.522 e. The lowest BCUT2D eigenvalue weighted by Gasteiger charge is -2.70. The number of carbonyl (C=O) groups is 2. The number of rotatable bonds is 5. The van der Waals surface area contributed by atoms with E-state index in [-0.39, 0.29) is 35.9 Å². The molecule has 0 atom stereocenters. The topological polar surface area (TPSA) is 94.5 Å². The monoisotopic (exact) mass is 430 g/mol. The van der Waals surface area contributed by atoms with E-state index in [0.717, 1.165) is 0 Å². The van der Waals surface area contributed by atoms with Gasteiger partial charge in [0.25, 0.3) is 5.91 Å². The maximum Gasteiger partial charge on any atom is 0.522 e. The van der Waals surface area contributed by atoms with Crippen LogP contribution in [0.5, 0.6) is 0 Å². The number of halogens is 3. The maximum absolute atomic E-state index is 12.5. The number of aromatic nitrogens is 2. The fourth-order valence-electron chi connectivity index (χ4n) is 4.58. The Morgan fingerprint density at radius 1 is 1.13 bits per heavy atom.